The Kier molecular flexibility index (Phi) is 5.20. The molecule has 2 aromatic heterocycles. The second kappa shape index (κ2) is 8.10. The Morgan fingerprint density at radius 2 is 1.76 bits per heavy atom. The number of nitrogens with zero attached hydrogens (tertiary/aromatic N) is 3. The maximum atomic E-state index is 12.0. The van der Waals surface area contributed by atoms with E-state index in [1.807, 2.05) is 47.3 Å². The van der Waals surface area contributed by atoms with Crippen LogP contribution in [0.5, 0.6) is 0 Å². The molecule has 0 aliphatic heterocycles. The Bertz CT molecular complexity index is 1150. The molecular formula is C24H21N3O2. The van der Waals surface area contributed by atoms with Crippen LogP contribution in [0.1, 0.15) is 21.5 Å². The molecule has 0 saturated carbocycles. The first-order valence-electron chi connectivity index (χ1n) is 9.37. The second-order valence-corrected chi connectivity index (χ2v) is 6.84. The van der Waals surface area contributed by atoms with E-state index in [0.717, 1.165) is 28.1 Å². The summed E-state index contributed by atoms with van der Waals surface area (Å²) >= 11 is 0. The second-order valence-electron chi connectivity index (χ2n) is 6.84. The van der Waals surface area contributed by atoms with Crippen molar-refractivity contribution in [3.63, 3.8) is 0 Å². The Morgan fingerprint density at radius 1 is 0.966 bits per heavy atom. The van der Waals surface area contributed by atoms with Crippen molar-refractivity contribution in [2.75, 3.05) is 7.11 Å². The van der Waals surface area contributed by atoms with Crippen molar-refractivity contribution in [3.05, 3.63) is 95.8 Å². The molecule has 0 unspecified atom stereocenters. The van der Waals surface area contributed by atoms with Gasteiger partial charge in [-0.2, -0.15) is 5.10 Å². The minimum absolute atomic E-state index is 0.343. The third-order valence-electron chi connectivity index (χ3n) is 4.80. The number of esters is 1. The number of ether oxygens (including phenoxy) is 1. The minimum atomic E-state index is -0.343. The number of hydrogen-bond donors (Lipinski definition) is 0. The van der Waals surface area contributed by atoms with Gasteiger partial charge in [-0.25, -0.2) is 4.79 Å². The van der Waals surface area contributed by atoms with E-state index in [4.69, 9.17) is 4.74 Å². The number of aryl methyl sites for hydroxylation is 1. The molecule has 0 amide bonds. The summed E-state index contributed by atoms with van der Waals surface area (Å²) in [7, 11) is 1.39. The summed E-state index contributed by atoms with van der Waals surface area (Å²) in [6.07, 6.45) is 3.71. The molecule has 0 spiro atoms. The van der Waals surface area contributed by atoms with Gasteiger partial charge in [0.1, 0.15) is 0 Å². The molecule has 5 heteroatoms. The van der Waals surface area contributed by atoms with Crippen molar-refractivity contribution >= 4 is 5.97 Å². The number of carbonyl (C=O) groups excluding carboxylic acids is 1. The molecule has 29 heavy (non-hydrogen) atoms. The van der Waals surface area contributed by atoms with Gasteiger partial charge in [0.2, 0.25) is 0 Å². The van der Waals surface area contributed by atoms with E-state index >= 15 is 0 Å². The standard InChI is InChI=1S/C24H21N3O2/c1-17-7-9-18(10-8-17)23-15-19(11-13-25-23)22-12-14-27(26-22)16-20-5-3-4-6-21(20)24(28)29-2/h3-15H,16H2,1-2H3. The van der Waals surface area contributed by atoms with E-state index in [1.54, 1.807) is 12.3 Å². The van der Waals surface area contributed by atoms with Crippen molar-refractivity contribution in [2.24, 2.45) is 0 Å². The fourth-order valence-electron chi connectivity index (χ4n) is 3.22. The van der Waals surface area contributed by atoms with Crippen molar-refractivity contribution in [2.45, 2.75) is 13.5 Å². The van der Waals surface area contributed by atoms with Crippen molar-refractivity contribution < 1.29 is 9.53 Å². The lowest BCUT2D eigenvalue weighted by Gasteiger charge is -2.08. The monoisotopic (exact) mass is 383 g/mol. The lowest BCUT2D eigenvalue weighted by Crippen LogP contribution is -2.09. The molecule has 0 N–H and O–H groups in total. The van der Waals surface area contributed by atoms with Gasteiger partial charge in [-0.05, 0) is 36.8 Å². The van der Waals surface area contributed by atoms with Crippen LogP contribution in [0.4, 0.5) is 0 Å². The summed E-state index contributed by atoms with van der Waals surface area (Å²) in [6.45, 7) is 2.56. The highest BCUT2D eigenvalue weighted by atomic mass is 16.5. The SMILES string of the molecule is COC(=O)c1ccccc1Cn1ccc(-c2ccnc(-c3ccc(C)cc3)c2)n1. The molecule has 2 heterocycles. The van der Waals surface area contributed by atoms with Gasteiger partial charge in [-0.3, -0.25) is 9.67 Å². The Balaban J connectivity index is 1.60. The molecule has 0 saturated heterocycles. The first-order chi connectivity index (χ1) is 14.1. The zero-order valence-corrected chi connectivity index (χ0v) is 16.4. The molecule has 2 aromatic carbocycles. The number of carbonyl (C=O) groups is 1. The van der Waals surface area contributed by atoms with Gasteiger partial charge < -0.3 is 4.74 Å². The average molecular weight is 383 g/mol. The van der Waals surface area contributed by atoms with Gasteiger partial charge in [0, 0.05) is 23.5 Å². The summed E-state index contributed by atoms with van der Waals surface area (Å²) in [6, 6.07) is 21.7. The lowest BCUT2D eigenvalue weighted by molar-refractivity contribution is 0.0599. The molecule has 5 nitrogen and oxygen atoms in total. The fraction of sp³-hybridized carbons (Fsp3) is 0.125. The summed E-state index contributed by atoms with van der Waals surface area (Å²) in [4.78, 5) is 16.5. The van der Waals surface area contributed by atoms with Gasteiger partial charge in [-0.1, -0.05) is 48.0 Å². The predicted molar refractivity (Wildman–Crippen MR) is 113 cm³/mol. The van der Waals surface area contributed by atoms with Crippen LogP contribution < -0.4 is 0 Å². The van der Waals surface area contributed by atoms with E-state index < -0.39 is 0 Å². The van der Waals surface area contributed by atoms with E-state index in [1.165, 1.54) is 12.7 Å². The topological polar surface area (TPSA) is 57.0 Å². The summed E-state index contributed by atoms with van der Waals surface area (Å²) < 4.78 is 6.70. The van der Waals surface area contributed by atoms with Crippen LogP contribution in [-0.4, -0.2) is 27.8 Å². The van der Waals surface area contributed by atoms with Crippen LogP contribution in [0.25, 0.3) is 22.5 Å². The molecule has 0 fully saturated rings. The van der Waals surface area contributed by atoms with E-state index in [0.29, 0.717) is 12.1 Å². The number of methoxy groups -OCH3 is 1. The number of pyridine rings is 1. The molecule has 0 atom stereocenters. The van der Waals surface area contributed by atoms with Gasteiger partial charge in [-0.15, -0.1) is 0 Å². The Hall–Kier alpha value is -3.73. The van der Waals surface area contributed by atoms with Crippen LogP contribution in [-0.2, 0) is 11.3 Å². The first kappa shape index (κ1) is 18.6. The van der Waals surface area contributed by atoms with Crippen LogP contribution in [0, 0.1) is 6.92 Å². The van der Waals surface area contributed by atoms with Crippen LogP contribution in [0.15, 0.2) is 79.1 Å². The maximum absolute atomic E-state index is 12.0. The molecule has 4 rings (SSSR count). The quantitative estimate of drug-likeness (QED) is 0.467. The Labute approximate surface area is 169 Å². The highest BCUT2D eigenvalue weighted by Gasteiger charge is 2.12. The summed E-state index contributed by atoms with van der Waals surface area (Å²) in [5.41, 5.74) is 6.47. The molecule has 4 aromatic rings. The van der Waals surface area contributed by atoms with Crippen molar-refractivity contribution in [3.8, 4) is 22.5 Å². The fourth-order valence-corrected chi connectivity index (χ4v) is 3.22. The van der Waals surface area contributed by atoms with Gasteiger partial charge in [0.25, 0.3) is 0 Å². The lowest BCUT2D eigenvalue weighted by atomic mass is 10.1. The van der Waals surface area contributed by atoms with Crippen molar-refractivity contribution in [1.82, 2.24) is 14.8 Å². The van der Waals surface area contributed by atoms with Gasteiger partial charge >= 0.3 is 5.97 Å². The van der Waals surface area contributed by atoms with Crippen molar-refractivity contribution in [1.29, 1.82) is 0 Å². The van der Waals surface area contributed by atoms with Gasteiger partial charge in [0.15, 0.2) is 0 Å². The zero-order valence-electron chi connectivity index (χ0n) is 16.4. The molecule has 0 bridgehead atoms. The highest BCUT2D eigenvalue weighted by Crippen LogP contribution is 2.24. The van der Waals surface area contributed by atoms with E-state index in [-0.39, 0.29) is 5.97 Å². The number of benzene rings is 2. The maximum Gasteiger partial charge on any atom is 0.338 e. The van der Waals surface area contributed by atoms with Crippen LogP contribution in [0.3, 0.4) is 0 Å². The third-order valence-corrected chi connectivity index (χ3v) is 4.80. The molecule has 0 radical (unpaired) electrons. The zero-order chi connectivity index (χ0) is 20.2. The smallest absolute Gasteiger partial charge is 0.338 e. The van der Waals surface area contributed by atoms with Crippen LogP contribution >= 0.6 is 0 Å². The predicted octanol–water partition coefficient (Wildman–Crippen LogP) is 4.76. The Morgan fingerprint density at radius 3 is 2.55 bits per heavy atom. The summed E-state index contributed by atoms with van der Waals surface area (Å²) in [5, 5.41) is 4.69. The molecule has 0 aliphatic carbocycles. The number of rotatable bonds is 5. The minimum Gasteiger partial charge on any atom is -0.465 e. The first-order valence-corrected chi connectivity index (χ1v) is 9.37. The number of hydrogen-bond acceptors (Lipinski definition) is 4. The molecule has 144 valence electrons. The van der Waals surface area contributed by atoms with E-state index in [2.05, 4.69) is 41.3 Å². The average Bonchev–Trinajstić information content (AvgIpc) is 3.23. The third kappa shape index (κ3) is 4.09. The molecular weight excluding hydrogens is 362 g/mol. The van der Waals surface area contributed by atoms with Crippen LogP contribution in [0.2, 0.25) is 0 Å². The normalized spacial score (nSPS) is 10.7. The summed E-state index contributed by atoms with van der Waals surface area (Å²) in [5.74, 6) is -0.343. The van der Waals surface area contributed by atoms with Gasteiger partial charge in [0.05, 0.1) is 30.6 Å². The largest absolute Gasteiger partial charge is 0.465 e. The molecule has 0 aliphatic rings. The highest BCUT2D eigenvalue weighted by molar-refractivity contribution is 5.90. The van der Waals surface area contributed by atoms with E-state index in [9.17, 15) is 4.79 Å². The number of aromatic nitrogens is 3.